The first-order chi connectivity index (χ1) is 15.8. The third-order valence-electron chi connectivity index (χ3n) is 4.99. The number of esters is 2. The molecule has 33 heavy (non-hydrogen) atoms. The van der Waals surface area contributed by atoms with Gasteiger partial charge >= 0.3 is 11.9 Å². The molecule has 3 aromatic rings. The van der Waals surface area contributed by atoms with Crippen molar-refractivity contribution >= 4 is 32.7 Å². The average molecular weight is 472 g/mol. The van der Waals surface area contributed by atoms with Gasteiger partial charge < -0.3 is 14.2 Å². The molecule has 0 aliphatic heterocycles. The molecule has 0 aromatic heterocycles. The molecule has 0 aliphatic rings. The zero-order chi connectivity index (χ0) is 23.8. The van der Waals surface area contributed by atoms with Crippen LogP contribution in [0.15, 0.2) is 71.6 Å². The minimum Gasteiger partial charge on any atom is -0.489 e. The van der Waals surface area contributed by atoms with Crippen LogP contribution < -0.4 is 9.46 Å². The van der Waals surface area contributed by atoms with E-state index in [1.165, 1.54) is 19.2 Å². The van der Waals surface area contributed by atoms with E-state index in [4.69, 9.17) is 4.74 Å². The zero-order valence-corrected chi connectivity index (χ0v) is 19.1. The summed E-state index contributed by atoms with van der Waals surface area (Å²) in [5.74, 6) is -0.684. The highest BCUT2D eigenvalue weighted by atomic mass is 32.2. The molecule has 0 fully saturated rings. The molecule has 0 aliphatic carbocycles. The van der Waals surface area contributed by atoms with Crippen LogP contribution in [0.5, 0.6) is 5.75 Å². The number of nitrogens with one attached hydrogen (secondary N) is 1. The molecule has 3 rings (SSSR count). The summed E-state index contributed by atoms with van der Waals surface area (Å²) in [5.41, 5.74) is 1.04. The predicted octanol–water partition coefficient (Wildman–Crippen LogP) is 3.19. The molecule has 0 amide bonds. The highest BCUT2D eigenvalue weighted by molar-refractivity contribution is 7.89. The van der Waals surface area contributed by atoms with Crippen molar-refractivity contribution < 1.29 is 32.2 Å². The van der Waals surface area contributed by atoms with Crippen molar-refractivity contribution in [3.05, 3.63) is 72.3 Å². The van der Waals surface area contributed by atoms with Crippen LogP contribution in [0.3, 0.4) is 0 Å². The summed E-state index contributed by atoms with van der Waals surface area (Å²) >= 11 is 0. The molecule has 0 saturated carbocycles. The fourth-order valence-corrected chi connectivity index (χ4v) is 4.44. The van der Waals surface area contributed by atoms with Crippen LogP contribution in [0.1, 0.15) is 18.4 Å². The Morgan fingerprint density at radius 2 is 1.61 bits per heavy atom. The van der Waals surface area contributed by atoms with Crippen molar-refractivity contribution in [3.8, 4) is 5.75 Å². The Morgan fingerprint density at radius 3 is 2.30 bits per heavy atom. The molecular formula is C24H25NO7S. The number of hydrogen-bond acceptors (Lipinski definition) is 7. The first-order valence-corrected chi connectivity index (χ1v) is 11.7. The highest BCUT2D eigenvalue weighted by Gasteiger charge is 2.27. The van der Waals surface area contributed by atoms with Gasteiger partial charge in [0, 0.05) is 6.42 Å². The van der Waals surface area contributed by atoms with Gasteiger partial charge in [-0.05, 0) is 47.0 Å². The van der Waals surface area contributed by atoms with Crippen molar-refractivity contribution in [1.82, 2.24) is 4.72 Å². The van der Waals surface area contributed by atoms with Crippen LogP contribution in [-0.2, 0) is 35.7 Å². The van der Waals surface area contributed by atoms with Gasteiger partial charge in [0.05, 0.1) is 19.1 Å². The minimum absolute atomic E-state index is 0.0140. The molecule has 0 bridgehead atoms. The number of ether oxygens (including phenoxy) is 3. The van der Waals surface area contributed by atoms with Gasteiger partial charge in [-0.15, -0.1) is 0 Å². The molecule has 0 radical (unpaired) electrons. The summed E-state index contributed by atoms with van der Waals surface area (Å²) in [6.45, 7) is 0.420. The van der Waals surface area contributed by atoms with E-state index < -0.39 is 28.0 Å². The lowest BCUT2D eigenvalue weighted by Crippen LogP contribution is -2.41. The molecule has 0 spiro atoms. The Labute approximate surface area is 192 Å². The van der Waals surface area contributed by atoms with Gasteiger partial charge in [-0.1, -0.05) is 42.5 Å². The molecule has 1 atom stereocenters. The van der Waals surface area contributed by atoms with E-state index >= 15 is 0 Å². The van der Waals surface area contributed by atoms with Crippen LogP contribution >= 0.6 is 0 Å². The van der Waals surface area contributed by atoms with Crippen molar-refractivity contribution in [2.24, 2.45) is 0 Å². The van der Waals surface area contributed by atoms with Crippen LogP contribution in [-0.4, -0.2) is 40.6 Å². The Morgan fingerprint density at radius 1 is 0.909 bits per heavy atom. The van der Waals surface area contributed by atoms with Crippen molar-refractivity contribution in [2.75, 3.05) is 14.2 Å². The number of sulfonamides is 1. The number of carbonyl (C=O) groups excluding carboxylic acids is 2. The number of rotatable bonds is 10. The van der Waals surface area contributed by atoms with Gasteiger partial charge in [0.15, 0.2) is 0 Å². The second kappa shape index (κ2) is 10.9. The molecule has 1 N–H and O–H groups in total. The number of hydrogen-bond donors (Lipinski definition) is 1. The van der Waals surface area contributed by atoms with Gasteiger partial charge in [-0.2, -0.15) is 4.72 Å². The summed E-state index contributed by atoms with van der Waals surface area (Å²) in [6, 6.07) is 18.5. The van der Waals surface area contributed by atoms with Gasteiger partial charge in [-0.25, -0.2) is 8.42 Å². The molecule has 174 valence electrons. The molecule has 0 heterocycles. The Bertz CT molecular complexity index is 1230. The maximum atomic E-state index is 12.9. The minimum atomic E-state index is -4.05. The Balaban J connectivity index is 1.75. The summed E-state index contributed by atoms with van der Waals surface area (Å²) < 4.78 is 43.1. The molecular weight excluding hydrogens is 446 g/mol. The Kier molecular flexibility index (Phi) is 8.02. The molecule has 9 heteroatoms. The largest absolute Gasteiger partial charge is 0.489 e. The number of methoxy groups -OCH3 is 2. The standard InChI is InChI=1S/C24H25NO7S/c1-30-23(26)13-12-22(24(27)31-2)25-33(28,29)21-11-9-18-14-20(10-8-19(18)15-21)32-16-17-6-4-3-5-7-17/h3-11,14-15,22,25H,12-13,16H2,1-2H3/t22-/m1/s1. The topological polar surface area (TPSA) is 108 Å². The fourth-order valence-electron chi connectivity index (χ4n) is 3.19. The van der Waals surface area contributed by atoms with Crippen LogP contribution in [0.2, 0.25) is 0 Å². The SMILES string of the molecule is COC(=O)CC[C@@H](NS(=O)(=O)c1ccc2cc(OCc3ccccc3)ccc2c1)C(=O)OC. The first-order valence-electron chi connectivity index (χ1n) is 10.2. The molecule has 3 aromatic carbocycles. The van der Waals surface area contributed by atoms with Crippen LogP contribution in [0.25, 0.3) is 10.8 Å². The first kappa shape index (κ1) is 24.2. The Hall–Kier alpha value is -3.43. The predicted molar refractivity (Wildman–Crippen MR) is 122 cm³/mol. The van der Waals surface area contributed by atoms with Crippen molar-refractivity contribution in [2.45, 2.75) is 30.4 Å². The summed E-state index contributed by atoms with van der Waals surface area (Å²) in [7, 11) is -1.69. The van der Waals surface area contributed by atoms with Crippen LogP contribution in [0, 0.1) is 0 Å². The van der Waals surface area contributed by atoms with E-state index in [9.17, 15) is 18.0 Å². The smallest absolute Gasteiger partial charge is 0.323 e. The number of carbonyl (C=O) groups is 2. The summed E-state index contributed by atoms with van der Waals surface area (Å²) in [6.07, 6.45) is -0.226. The maximum Gasteiger partial charge on any atom is 0.323 e. The summed E-state index contributed by atoms with van der Waals surface area (Å²) in [4.78, 5) is 23.4. The molecule has 0 unspecified atom stereocenters. The van der Waals surface area contributed by atoms with Gasteiger partial charge in [0.25, 0.3) is 0 Å². The lowest BCUT2D eigenvalue weighted by molar-refractivity contribution is -0.144. The van der Waals surface area contributed by atoms with Gasteiger partial charge in [0.1, 0.15) is 18.4 Å². The lowest BCUT2D eigenvalue weighted by atomic mass is 10.1. The van der Waals surface area contributed by atoms with E-state index in [2.05, 4.69) is 14.2 Å². The van der Waals surface area contributed by atoms with Crippen molar-refractivity contribution in [1.29, 1.82) is 0 Å². The van der Waals surface area contributed by atoms with Crippen molar-refractivity contribution in [3.63, 3.8) is 0 Å². The fraction of sp³-hybridized carbons (Fsp3) is 0.250. The average Bonchev–Trinajstić information content (AvgIpc) is 2.84. The normalized spacial score (nSPS) is 12.2. The van der Waals surface area contributed by atoms with Gasteiger partial charge in [-0.3, -0.25) is 9.59 Å². The third kappa shape index (κ3) is 6.53. The quantitative estimate of drug-likeness (QED) is 0.453. The lowest BCUT2D eigenvalue weighted by Gasteiger charge is -2.16. The second-order valence-electron chi connectivity index (χ2n) is 7.26. The third-order valence-corrected chi connectivity index (χ3v) is 6.46. The van der Waals surface area contributed by atoms with E-state index in [1.54, 1.807) is 18.2 Å². The molecule has 8 nitrogen and oxygen atoms in total. The van der Waals surface area contributed by atoms with Gasteiger partial charge in [0.2, 0.25) is 10.0 Å². The maximum absolute atomic E-state index is 12.9. The number of benzene rings is 3. The summed E-state index contributed by atoms with van der Waals surface area (Å²) in [5, 5.41) is 1.49. The van der Waals surface area contributed by atoms with E-state index in [0.29, 0.717) is 17.7 Å². The molecule has 0 saturated heterocycles. The second-order valence-corrected chi connectivity index (χ2v) is 8.97. The van der Waals surface area contributed by atoms with E-state index in [-0.39, 0.29) is 17.7 Å². The number of fused-ring (bicyclic) bond motifs is 1. The van der Waals surface area contributed by atoms with E-state index in [0.717, 1.165) is 18.1 Å². The zero-order valence-electron chi connectivity index (χ0n) is 18.3. The van der Waals surface area contributed by atoms with E-state index in [1.807, 2.05) is 36.4 Å². The highest BCUT2D eigenvalue weighted by Crippen LogP contribution is 2.25. The monoisotopic (exact) mass is 471 g/mol. The van der Waals surface area contributed by atoms with Crippen LogP contribution in [0.4, 0.5) is 0 Å².